The van der Waals surface area contributed by atoms with Crippen LogP contribution in [0.15, 0.2) is 14.8 Å². The van der Waals surface area contributed by atoms with Crippen molar-refractivity contribution in [3.05, 3.63) is 21.2 Å². The van der Waals surface area contributed by atoms with Crippen molar-refractivity contribution in [2.75, 3.05) is 12.3 Å². The van der Waals surface area contributed by atoms with Gasteiger partial charge < -0.3 is 15.9 Å². The summed E-state index contributed by atoms with van der Waals surface area (Å²) in [4.78, 5) is 25.7. The second kappa shape index (κ2) is 5.42. The molecular formula is C9H14ClN5O3. The van der Waals surface area contributed by atoms with Crippen LogP contribution in [0.2, 0.25) is 0 Å². The van der Waals surface area contributed by atoms with Crippen molar-refractivity contribution in [3.63, 3.8) is 0 Å². The van der Waals surface area contributed by atoms with E-state index in [0.29, 0.717) is 0 Å². The summed E-state index contributed by atoms with van der Waals surface area (Å²) >= 11 is 0. The van der Waals surface area contributed by atoms with Gasteiger partial charge in [0.2, 0.25) is 5.95 Å². The lowest BCUT2D eigenvalue weighted by atomic mass is 10.1. The van der Waals surface area contributed by atoms with Crippen molar-refractivity contribution < 1.29 is 10.2 Å². The Hall–Kier alpha value is -1.51. The number of nitrogens with zero attached hydrogens (tertiary/aromatic N) is 3. The second-order valence-electron chi connectivity index (χ2n) is 3.89. The highest BCUT2D eigenvalue weighted by atomic mass is 35.5. The number of nitrogen functional groups attached to an aromatic ring is 1. The van der Waals surface area contributed by atoms with E-state index in [4.69, 9.17) is 5.73 Å². The number of anilines is 1. The number of fused-ring (bicyclic) bond motifs is 1. The SMILES string of the molecule is C[C@@H](O)[C@H](O)[C@H]1CN=c2nc(N)[nH]c(=O)c2=N1.Cl. The van der Waals surface area contributed by atoms with Gasteiger partial charge in [0.1, 0.15) is 6.10 Å². The fraction of sp³-hybridized carbons (Fsp3) is 0.556. The number of hydrogen-bond donors (Lipinski definition) is 4. The van der Waals surface area contributed by atoms with Crippen LogP contribution >= 0.6 is 12.4 Å². The third-order valence-corrected chi connectivity index (χ3v) is 2.51. The number of aliphatic hydroxyl groups excluding tert-OH is 2. The highest BCUT2D eigenvalue weighted by Crippen LogP contribution is 2.04. The molecule has 1 aliphatic heterocycles. The molecule has 0 saturated heterocycles. The first-order chi connectivity index (χ1) is 7.99. The third-order valence-electron chi connectivity index (χ3n) is 2.51. The first-order valence-corrected chi connectivity index (χ1v) is 5.13. The fourth-order valence-electron chi connectivity index (χ4n) is 1.59. The maximum absolute atomic E-state index is 11.5. The quantitative estimate of drug-likeness (QED) is 0.460. The topological polar surface area (TPSA) is 137 Å². The zero-order valence-electron chi connectivity index (χ0n) is 9.57. The normalized spacial score (nSPS) is 20.7. The summed E-state index contributed by atoms with van der Waals surface area (Å²) in [6, 6.07) is -0.644. The van der Waals surface area contributed by atoms with E-state index in [9.17, 15) is 15.0 Å². The molecule has 1 aromatic heterocycles. The van der Waals surface area contributed by atoms with Crippen LogP contribution in [-0.4, -0.2) is 45.0 Å². The number of aromatic amines is 1. The predicted molar refractivity (Wildman–Crippen MR) is 65.2 cm³/mol. The molecule has 1 aromatic rings. The molecule has 2 rings (SSSR count). The second-order valence-corrected chi connectivity index (χ2v) is 3.89. The van der Waals surface area contributed by atoms with Gasteiger partial charge in [-0.2, -0.15) is 4.98 Å². The molecule has 8 nitrogen and oxygen atoms in total. The lowest BCUT2D eigenvalue weighted by Gasteiger charge is -2.21. The summed E-state index contributed by atoms with van der Waals surface area (Å²) in [5.41, 5.74) is 5.03. The molecule has 0 aromatic carbocycles. The Bertz CT molecular complexity index is 599. The largest absolute Gasteiger partial charge is 0.391 e. The van der Waals surface area contributed by atoms with Crippen LogP contribution in [0.25, 0.3) is 0 Å². The number of aliphatic hydroxyl groups is 2. The van der Waals surface area contributed by atoms with E-state index in [1.807, 2.05) is 0 Å². The number of nitrogens with two attached hydrogens (primary N) is 1. The molecule has 1 aliphatic rings. The van der Waals surface area contributed by atoms with Gasteiger partial charge in [-0.25, -0.2) is 0 Å². The number of rotatable bonds is 2. The van der Waals surface area contributed by atoms with Crippen molar-refractivity contribution in [2.45, 2.75) is 25.2 Å². The smallest absolute Gasteiger partial charge is 0.280 e. The monoisotopic (exact) mass is 275 g/mol. The Labute approximate surface area is 108 Å². The van der Waals surface area contributed by atoms with Gasteiger partial charge >= 0.3 is 0 Å². The highest BCUT2D eigenvalue weighted by molar-refractivity contribution is 5.85. The standard InChI is InChI=1S/C9H13N5O3.ClH/c1-3(15)6(16)4-2-11-7-5(12-4)8(17)14-9(10)13-7;/h3-4,6,15-16H,2H2,1H3,(H3,10,11,13,14,17);1H/t3-,4-,6+;/m1./s1. The summed E-state index contributed by atoms with van der Waals surface area (Å²) in [6.45, 7) is 1.61. The average Bonchev–Trinajstić information content (AvgIpc) is 2.27. The highest BCUT2D eigenvalue weighted by Gasteiger charge is 2.24. The van der Waals surface area contributed by atoms with Crippen molar-refractivity contribution in [2.24, 2.45) is 9.98 Å². The van der Waals surface area contributed by atoms with Gasteiger partial charge in [-0.05, 0) is 6.92 Å². The summed E-state index contributed by atoms with van der Waals surface area (Å²) < 4.78 is 0. The molecule has 0 bridgehead atoms. The molecule has 5 N–H and O–H groups in total. The first kappa shape index (κ1) is 14.6. The Kier molecular flexibility index (Phi) is 4.38. The number of hydrogen-bond acceptors (Lipinski definition) is 7. The van der Waals surface area contributed by atoms with Crippen LogP contribution < -0.4 is 22.1 Å². The average molecular weight is 276 g/mol. The molecule has 0 amide bonds. The molecular weight excluding hydrogens is 262 g/mol. The van der Waals surface area contributed by atoms with Gasteiger partial charge in [0.25, 0.3) is 5.56 Å². The summed E-state index contributed by atoms with van der Waals surface area (Å²) in [5.74, 6) is -0.0257. The van der Waals surface area contributed by atoms with Crippen LogP contribution in [0.1, 0.15) is 6.92 Å². The molecule has 0 radical (unpaired) electrons. The van der Waals surface area contributed by atoms with Crippen molar-refractivity contribution in [1.82, 2.24) is 9.97 Å². The minimum atomic E-state index is -1.07. The Balaban J connectivity index is 0.00000162. The predicted octanol–water partition coefficient (Wildman–Crippen LogP) is -2.86. The van der Waals surface area contributed by atoms with Crippen molar-refractivity contribution >= 4 is 18.4 Å². The molecule has 3 atom stereocenters. The molecule has 100 valence electrons. The number of H-pyrrole nitrogens is 1. The van der Waals surface area contributed by atoms with Gasteiger partial charge in [0.15, 0.2) is 10.8 Å². The maximum atomic E-state index is 11.5. The van der Waals surface area contributed by atoms with Gasteiger partial charge in [0.05, 0.1) is 18.7 Å². The molecule has 2 heterocycles. The molecule has 18 heavy (non-hydrogen) atoms. The van der Waals surface area contributed by atoms with E-state index in [1.54, 1.807) is 0 Å². The summed E-state index contributed by atoms with van der Waals surface area (Å²) in [7, 11) is 0. The lowest BCUT2D eigenvalue weighted by molar-refractivity contribution is 0.0160. The number of nitrogens with one attached hydrogen (secondary N) is 1. The lowest BCUT2D eigenvalue weighted by Crippen LogP contribution is -2.50. The van der Waals surface area contributed by atoms with Crippen LogP contribution in [-0.2, 0) is 0 Å². The van der Waals surface area contributed by atoms with E-state index in [0.717, 1.165) is 0 Å². The zero-order valence-corrected chi connectivity index (χ0v) is 10.4. The van der Waals surface area contributed by atoms with Gasteiger partial charge in [-0.1, -0.05) is 0 Å². The molecule has 9 heteroatoms. The number of aromatic nitrogens is 2. The summed E-state index contributed by atoms with van der Waals surface area (Å²) in [6.07, 6.45) is -2.01. The van der Waals surface area contributed by atoms with Crippen molar-refractivity contribution in [1.29, 1.82) is 0 Å². The summed E-state index contributed by atoms with van der Waals surface area (Å²) in [5, 5.41) is 19.0. The molecule has 0 aliphatic carbocycles. The molecule has 0 fully saturated rings. The Morgan fingerprint density at radius 3 is 2.78 bits per heavy atom. The van der Waals surface area contributed by atoms with E-state index in [1.165, 1.54) is 6.92 Å². The number of halogens is 1. The van der Waals surface area contributed by atoms with E-state index in [2.05, 4.69) is 20.0 Å². The van der Waals surface area contributed by atoms with Gasteiger partial charge in [-0.3, -0.25) is 19.8 Å². The van der Waals surface area contributed by atoms with Crippen LogP contribution in [0.5, 0.6) is 0 Å². The maximum Gasteiger partial charge on any atom is 0.280 e. The molecule has 0 unspecified atom stereocenters. The van der Waals surface area contributed by atoms with Crippen LogP contribution in [0.3, 0.4) is 0 Å². The van der Waals surface area contributed by atoms with Gasteiger partial charge in [0, 0.05) is 0 Å². The van der Waals surface area contributed by atoms with E-state index < -0.39 is 23.8 Å². The Morgan fingerprint density at radius 1 is 1.50 bits per heavy atom. The molecule has 0 saturated carbocycles. The fourth-order valence-corrected chi connectivity index (χ4v) is 1.59. The minimum Gasteiger partial charge on any atom is -0.391 e. The van der Waals surface area contributed by atoms with E-state index >= 15 is 0 Å². The minimum absolute atomic E-state index is 0. The van der Waals surface area contributed by atoms with Crippen LogP contribution in [0, 0.1) is 0 Å². The van der Waals surface area contributed by atoms with Crippen molar-refractivity contribution in [3.8, 4) is 0 Å². The van der Waals surface area contributed by atoms with E-state index in [-0.39, 0.29) is 35.7 Å². The third kappa shape index (κ3) is 2.66. The molecule has 0 spiro atoms. The Morgan fingerprint density at radius 2 is 2.17 bits per heavy atom. The first-order valence-electron chi connectivity index (χ1n) is 5.13. The van der Waals surface area contributed by atoms with Gasteiger partial charge in [-0.15, -0.1) is 12.4 Å². The van der Waals surface area contributed by atoms with Crippen LogP contribution in [0.4, 0.5) is 5.95 Å². The zero-order chi connectivity index (χ0) is 12.6.